The third-order valence-electron chi connectivity index (χ3n) is 4.87. The van der Waals surface area contributed by atoms with Crippen LogP contribution in [0.4, 0.5) is 0 Å². The van der Waals surface area contributed by atoms with Crippen LogP contribution >= 0.6 is 11.8 Å². The van der Waals surface area contributed by atoms with Crippen LogP contribution in [-0.4, -0.2) is 70.9 Å². The van der Waals surface area contributed by atoms with Crippen LogP contribution in [0, 0.1) is 0 Å². The number of aliphatic carboxylic acids is 1. The average Bonchev–Trinajstić information content (AvgIpc) is 2.78. The minimum absolute atomic E-state index is 0.0804. The maximum absolute atomic E-state index is 13.0. The fraction of sp³-hybridized carbons (Fsp3) is 0.500. The fourth-order valence-corrected chi connectivity index (χ4v) is 3.43. The lowest BCUT2D eigenvalue weighted by atomic mass is 10.0. The van der Waals surface area contributed by atoms with Crippen molar-refractivity contribution in [3.8, 4) is 0 Å². The Bertz CT molecular complexity index is 851. The van der Waals surface area contributed by atoms with Gasteiger partial charge in [0.05, 0.1) is 6.04 Å². The highest BCUT2D eigenvalue weighted by Gasteiger charge is 2.30. The number of carboxylic acids is 1. The monoisotopic (exact) mass is 495 g/mol. The molecular weight excluding hydrogens is 462 g/mol. The normalized spacial score (nSPS) is 14.2. The standard InChI is InChI=1S/C22H33N5O6S/c1-13(23)19(29)25-15(10-11-34-2)20(30)27-17(12-14-6-4-3-5-7-14)21(31)26-16(22(32)33)8-9-18(24)28/h3-7,13,15-17H,8-12,23H2,1-2H3,(H2,24,28)(H,25,29)(H,26,31)(H,27,30)(H,32,33). The van der Waals surface area contributed by atoms with Crippen LogP contribution in [0.1, 0.15) is 31.7 Å². The van der Waals surface area contributed by atoms with Crippen LogP contribution < -0.4 is 27.4 Å². The minimum Gasteiger partial charge on any atom is -0.480 e. The van der Waals surface area contributed by atoms with Crippen LogP contribution in [0.2, 0.25) is 0 Å². The van der Waals surface area contributed by atoms with E-state index in [0.29, 0.717) is 12.2 Å². The molecule has 1 aromatic carbocycles. The first kappa shape index (κ1) is 28.9. The summed E-state index contributed by atoms with van der Waals surface area (Å²) >= 11 is 1.49. The molecule has 1 aromatic rings. The highest BCUT2D eigenvalue weighted by molar-refractivity contribution is 7.98. The second-order valence-corrected chi connectivity index (χ2v) is 8.77. The van der Waals surface area contributed by atoms with Gasteiger partial charge in [0.1, 0.15) is 18.1 Å². The maximum Gasteiger partial charge on any atom is 0.326 e. The molecule has 0 bridgehead atoms. The summed E-state index contributed by atoms with van der Waals surface area (Å²) in [4.78, 5) is 60.7. The quantitative estimate of drug-likeness (QED) is 0.181. The molecular formula is C22H33N5O6S. The number of carbonyl (C=O) groups excluding carboxylic acids is 4. The van der Waals surface area contributed by atoms with Gasteiger partial charge in [0, 0.05) is 12.8 Å². The molecule has 0 fully saturated rings. The van der Waals surface area contributed by atoms with Gasteiger partial charge in [-0.25, -0.2) is 4.79 Å². The van der Waals surface area contributed by atoms with E-state index >= 15 is 0 Å². The number of hydrogen-bond donors (Lipinski definition) is 6. The van der Waals surface area contributed by atoms with E-state index in [9.17, 15) is 29.1 Å². The first-order valence-electron chi connectivity index (χ1n) is 10.8. The summed E-state index contributed by atoms with van der Waals surface area (Å²) in [7, 11) is 0. The summed E-state index contributed by atoms with van der Waals surface area (Å²) in [6.45, 7) is 1.49. The van der Waals surface area contributed by atoms with Crippen molar-refractivity contribution in [3.63, 3.8) is 0 Å². The largest absolute Gasteiger partial charge is 0.480 e. The number of amides is 4. The van der Waals surface area contributed by atoms with Crippen molar-refractivity contribution >= 4 is 41.4 Å². The van der Waals surface area contributed by atoms with Gasteiger partial charge >= 0.3 is 5.97 Å². The van der Waals surface area contributed by atoms with Gasteiger partial charge in [-0.05, 0) is 37.3 Å². The smallest absolute Gasteiger partial charge is 0.326 e. The number of hydrogen-bond acceptors (Lipinski definition) is 7. The summed E-state index contributed by atoms with van der Waals surface area (Å²) < 4.78 is 0. The molecule has 1 rings (SSSR count). The number of carboxylic acid groups (broad SMARTS) is 1. The van der Waals surface area contributed by atoms with Crippen LogP contribution in [-0.2, 0) is 30.4 Å². The van der Waals surface area contributed by atoms with Gasteiger partial charge in [0.15, 0.2) is 0 Å². The number of benzene rings is 1. The molecule has 8 N–H and O–H groups in total. The molecule has 0 saturated carbocycles. The van der Waals surface area contributed by atoms with E-state index in [-0.39, 0.29) is 19.3 Å². The number of carbonyl (C=O) groups is 5. The number of rotatable bonds is 15. The van der Waals surface area contributed by atoms with Crippen molar-refractivity contribution in [2.75, 3.05) is 12.0 Å². The van der Waals surface area contributed by atoms with Crippen LogP contribution in [0.15, 0.2) is 30.3 Å². The SMILES string of the molecule is CSCCC(NC(=O)C(C)N)C(=O)NC(Cc1ccccc1)C(=O)NC(CCC(N)=O)C(=O)O. The first-order chi connectivity index (χ1) is 16.0. The molecule has 0 aliphatic rings. The molecule has 0 aliphatic heterocycles. The Morgan fingerprint density at radius 1 is 0.912 bits per heavy atom. The predicted molar refractivity (Wildman–Crippen MR) is 129 cm³/mol. The van der Waals surface area contributed by atoms with Gasteiger partial charge in [0.2, 0.25) is 23.6 Å². The lowest BCUT2D eigenvalue weighted by Crippen LogP contribution is -2.57. The lowest BCUT2D eigenvalue weighted by Gasteiger charge is -2.25. The van der Waals surface area contributed by atoms with Gasteiger partial charge in [-0.15, -0.1) is 0 Å². The van der Waals surface area contributed by atoms with Gasteiger partial charge in [-0.1, -0.05) is 30.3 Å². The summed E-state index contributed by atoms with van der Waals surface area (Å²) in [5, 5.41) is 17.0. The predicted octanol–water partition coefficient (Wildman–Crippen LogP) is -0.866. The Kier molecular flexibility index (Phi) is 12.7. The zero-order chi connectivity index (χ0) is 25.7. The summed E-state index contributed by atoms with van der Waals surface area (Å²) in [6.07, 6.45) is 1.82. The van der Waals surface area contributed by atoms with Crippen molar-refractivity contribution in [2.45, 2.75) is 56.8 Å². The molecule has 0 aliphatic carbocycles. The Balaban J connectivity index is 3.07. The summed E-state index contributed by atoms with van der Waals surface area (Å²) in [5.74, 6) is -3.30. The molecule has 0 spiro atoms. The zero-order valence-electron chi connectivity index (χ0n) is 19.3. The molecule has 34 heavy (non-hydrogen) atoms. The summed E-state index contributed by atoms with van der Waals surface area (Å²) in [5.41, 5.74) is 11.4. The Hall–Kier alpha value is -3.12. The van der Waals surface area contributed by atoms with Crippen molar-refractivity contribution in [2.24, 2.45) is 11.5 Å². The summed E-state index contributed by atoms with van der Waals surface area (Å²) in [6, 6.07) is 4.61. The van der Waals surface area contributed by atoms with Crippen molar-refractivity contribution < 1.29 is 29.1 Å². The van der Waals surface area contributed by atoms with Gasteiger partial charge in [0.25, 0.3) is 0 Å². The lowest BCUT2D eigenvalue weighted by molar-refractivity contribution is -0.142. The van der Waals surface area contributed by atoms with Gasteiger partial charge in [-0.2, -0.15) is 11.8 Å². The number of primary amides is 1. The maximum atomic E-state index is 13.0. The third kappa shape index (κ3) is 10.7. The van der Waals surface area contributed by atoms with Gasteiger partial charge in [-0.3, -0.25) is 19.2 Å². The Morgan fingerprint density at radius 2 is 1.47 bits per heavy atom. The van der Waals surface area contributed by atoms with Crippen LogP contribution in [0.25, 0.3) is 0 Å². The molecule has 0 aromatic heterocycles. The molecule has 11 nitrogen and oxygen atoms in total. The first-order valence-corrected chi connectivity index (χ1v) is 12.1. The van der Waals surface area contributed by atoms with E-state index in [1.54, 1.807) is 30.3 Å². The molecule has 4 unspecified atom stereocenters. The van der Waals surface area contributed by atoms with Crippen molar-refractivity contribution in [3.05, 3.63) is 35.9 Å². The number of nitrogens with one attached hydrogen (secondary N) is 3. The molecule has 0 radical (unpaired) electrons. The molecule has 188 valence electrons. The molecule has 4 atom stereocenters. The Morgan fingerprint density at radius 3 is 2.00 bits per heavy atom. The van der Waals surface area contributed by atoms with Crippen LogP contribution in [0.3, 0.4) is 0 Å². The van der Waals surface area contributed by atoms with E-state index < -0.39 is 53.8 Å². The van der Waals surface area contributed by atoms with Crippen LogP contribution in [0.5, 0.6) is 0 Å². The van der Waals surface area contributed by atoms with Crippen molar-refractivity contribution in [1.82, 2.24) is 16.0 Å². The highest BCUT2D eigenvalue weighted by atomic mass is 32.2. The van der Waals surface area contributed by atoms with E-state index in [4.69, 9.17) is 11.5 Å². The van der Waals surface area contributed by atoms with E-state index in [1.165, 1.54) is 18.7 Å². The fourth-order valence-electron chi connectivity index (χ4n) is 2.96. The molecule has 12 heteroatoms. The molecule has 0 saturated heterocycles. The minimum atomic E-state index is -1.36. The Labute approximate surface area is 202 Å². The van der Waals surface area contributed by atoms with E-state index in [1.807, 2.05) is 6.26 Å². The number of nitrogens with two attached hydrogens (primary N) is 2. The highest BCUT2D eigenvalue weighted by Crippen LogP contribution is 2.08. The zero-order valence-corrected chi connectivity index (χ0v) is 20.1. The molecule has 0 heterocycles. The topological polar surface area (TPSA) is 194 Å². The third-order valence-corrected chi connectivity index (χ3v) is 5.51. The van der Waals surface area contributed by atoms with Crippen molar-refractivity contribution in [1.29, 1.82) is 0 Å². The molecule has 4 amide bonds. The van der Waals surface area contributed by atoms with E-state index in [2.05, 4.69) is 16.0 Å². The second kappa shape index (κ2) is 14.9. The number of thioether (sulfide) groups is 1. The average molecular weight is 496 g/mol. The van der Waals surface area contributed by atoms with E-state index in [0.717, 1.165) is 5.56 Å². The second-order valence-electron chi connectivity index (χ2n) is 7.79. The van der Waals surface area contributed by atoms with Gasteiger partial charge < -0.3 is 32.5 Å².